The molecular formula is C15H27N5O. The molecule has 1 fully saturated rings. The number of rotatable bonds is 5. The van der Waals surface area contributed by atoms with Crippen LogP contribution in [0.3, 0.4) is 0 Å². The molecule has 21 heavy (non-hydrogen) atoms. The molecule has 0 spiro atoms. The third-order valence-electron chi connectivity index (χ3n) is 3.74. The Morgan fingerprint density at radius 2 is 2.00 bits per heavy atom. The number of hydrogen-bond acceptors (Lipinski definition) is 6. The van der Waals surface area contributed by atoms with E-state index >= 15 is 0 Å². The second kappa shape index (κ2) is 6.58. The Kier molecular flexibility index (Phi) is 5.00. The van der Waals surface area contributed by atoms with Gasteiger partial charge in [-0.15, -0.1) is 0 Å². The van der Waals surface area contributed by atoms with Gasteiger partial charge in [-0.2, -0.15) is 0 Å². The van der Waals surface area contributed by atoms with Crippen molar-refractivity contribution in [1.82, 2.24) is 9.97 Å². The number of hydrogen-bond donors (Lipinski definition) is 3. The van der Waals surface area contributed by atoms with Gasteiger partial charge in [-0.3, -0.25) is 0 Å². The van der Waals surface area contributed by atoms with Crippen molar-refractivity contribution in [2.45, 2.75) is 58.5 Å². The second-order valence-corrected chi connectivity index (χ2v) is 6.61. The number of nitrogens with one attached hydrogen (secondary N) is 2. The summed E-state index contributed by atoms with van der Waals surface area (Å²) in [6, 6.07) is 0. The highest BCUT2D eigenvalue weighted by Crippen LogP contribution is 2.26. The van der Waals surface area contributed by atoms with Crippen molar-refractivity contribution in [2.75, 3.05) is 23.9 Å². The van der Waals surface area contributed by atoms with E-state index in [-0.39, 0.29) is 5.41 Å². The van der Waals surface area contributed by atoms with Crippen LogP contribution in [0, 0.1) is 6.92 Å². The fourth-order valence-electron chi connectivity index (χ4n) is 2.39. The summed E-state index contributed by atoms with van der Waals surface area (Å²) in [5.74, 6) is 7.87. The van der Waals surface area contributed by atoms with E-state index in [0.717, 1.165) is 43.2 Å². The Morgan fingerprint density at radius 1 is 1.29 bits per heavy atom. The Hall–Kier alpha value is -1.40. The van der Waals surface area contributed by atoms with Crippen molar-refractivity contribution < 1.29 is 4.74 Å². The Labute approximate surface area is 126 Å². The van der Waals surface area contributed by atoms with E-state index in [1.54, 1.807) is 0 Å². The fraction of sp³-hybridized carbons (Fsp3) is 0.733. The van der Waals surface area contributed by atoms with Crippen LogP contribution < -0.4 is 16.6 Å². The fourth-order valence-corrected chi connectivity index (χ4v) is 2.39. The largest absolute Gasteiger partial charge is 0.378 e. The van der Waals surface area contributed by atoms with Crippen LogP contribution in [0.2, 0.25) is 0 Å². The molecule has 0 aliphatic carbocycles. The maximum atomic E-state index is 5.64. The lowest BCUT2D eigenvalue weighted by atomic mass is 9.95. The average Bonchev–Trinajstić information content (AvgIpc) is 2.92. The van der Waals surface area contributed by atoms with Gasteiger partial charge in [0.2, 0.25) is 0 Å². The van der Waals surface area contributed by atoms with Gasteiger partial charge in [0.1, 0.15) is 17.5 Å². The summed E-state index contributed by atoms with van der Waals surface area (Å²) in [5, 5.41) is 3.40. The standard InChI is InChI=1S/C15H27N5O/c1-10-12(17-8-7-11-6-5-9-21-11)18-14(15(2,3)4)19-13(10)20-16/h11H,5-9,16H2,1-4H3,(H2,17,18,19,20). The minimum atomic E-state index is -0.121. The van der Waals surface area contributed by atoms with Crippen LogP contribution >= 0.6 is 0 Å². The molecular weight excluding hydrogens is 266 g/mol. The summed E-state index contributed by atoms with van der Waals surface area (Å²) in [6.07, 6.45) is 3.72. The van der Waals surface area contributed by atoms with E-state index in [0.29, 0.717) is 11.9 Å². The molecule has 1 aromatic rings. The van der Waals surface area contributed by atoms with E-state index < -0.39 is 0 Å². The van der Waals surface area contributed by atoms with Gasteiger partial charge in [-0.25, -0.2) is 15.8 Å². The van der Waals surface area contributed by atoms with Gasteiger partial charge in [-0.1, -0.05) is 20.8 Å². The van der Waals surface area contributed by atoms with Gasteiger partial charge in [0.25, 0.3) is 0 Å². The van der Waals surface area contributed by atoms with Crippen molar-refractivity contribution in [3.05, 3.63) is 11.4 Å². The number of aromatic nitrogens is 2. The molecule has 6 nitrogen and oxygen atoms in total. The van der Waals surface area contributed by atoms with E-state index in [4.69, 9.17) is 10.6 Å². The average molecular weight is 293 g/mol. The third kappa shape index (κ3) is 4.04. The number of ether oxygens (including phenoxy) is 1. The van der Waals surface area contributed by atoms with Gasteiger partial charge < -0.3 is 15.5 Å². The van der Waals surface area contributed by atoms with Crippen LogP contribution in [0.4, 0.5) is 11.6 Å². The molecule has 0 amide bonds. The molecule has 6 heteroatoms. The topological polar surface area (TPSA) is 85.1 Å². The second-order valence-electron chi connectivity index (χ2n) is 6.61. The lowest BCUT2D eigenvalue weighted by Gasteiger charge is -2.21. The predicted molar refractivity (Wildman–Crippen MR) is 85.4 cm³/mol. The van der Waals surface area contributed by atoms with Crippen LogP contribution in [0.5, 0.6) is 0 Å². The first-order valence-electron chi connectivity index (χ1n) is 7.63. The number of hydrazine groups is 1. The van der Waals surface area contributed by atoms with E-state index in [1.807, 2.05) is 6.92 Å². The molecule has 0 saturated carbocycles. The highest BCUT2D eigenvalue weighted by molar-refractivity contribution is 5.57. The molecule has 4 N–H and O–H groups in total. The highest BCUT2D eigenvalue weighted by atomic mass is 16.5. The first-order chi connectivity index (χ1) is 9.91. The molecule has 0 aromatic carbocycles. The zero-order chi connectivity index (χ0) is 15.5. The summed E-state index contributed by atoms with van der Waals surface area (Å²) in [7, 11) is 0. The van der Waals surface area contributed by atoms with Gasteiger partial charge in [0.15, 0.2) is 0 Å². The number of nitrogen functional groups attached to an aromatic ring is 1. The SMILES string of the molecule is Cc1c(NN)nc(C(C)(C)C)nc1NCCC1CCCO1. The summed E-state index contributed by atoms with van der Waals surface area (Å²) in [4.78, 5) is 9.15. The van der Waals surface area contributed by atoms with Gasteiger partial charge in [0, 0.05) is 24.1 Å². The zero-order valence-electron chi connectivity index (χ0n) is 13.5. The summed E-state index contributed by atoms with van der Waals surface area (Å²) >= 11 is 0. The lowest BCUT2D eigenvalue weighted by molar-refractivity contribution is 0.107. The first-order valence-corrected chi connectivity index (χ1v) is 7.63. The minimum Gasteiger partial charge on any atom is -0.378 e. The monoisotopic (exact) mass is 293 g/mol. The molecule has 118 valence electrons. The third-order valence-corrected chi connectivity index (χ3v) is 3.74. The molecule has 1 saturated heterocycles. The molecule has 1 aliphatic heterocycles. The van der Waals surface area contributed by atoms with Crippen molar-refractivity contribution >= 4 is 11.6 Å². The molecule has 0 bridgehead atoms. The molecule has 1 aromatic heterocycles. The summed E-state index contributed by atoms with van der Waals surface area (Å²) in [5.41, 5.74) is 3.49. The van der Waals surface area contributed by atoms with Crippen LogP contribution in [-0.4, -0.2) is 29.2 Å². The zero-order valence-corrected chi connectivity index (χ0v) is 13.5. The summed E-state index contributed by atoms with van der Waals surface area (Å²) in [6.45, 7) is 9.98. The van der Waals surface area contributed by atoms with E-state index in [2.05, 4.69) is 41.5 Å². The Morgan fingerprint density at radius 3 is 2.57 bits per heavy atom. The van der Waals surface area contributed by atoms with Crippen LogP contribution in [0.15, 0.2) is 0 Å². The normalized spacial score (nSPS) is 18.8. The smallest absolute Gasteiger partial charge is 0.148 e. The molecule has 1 aliphatic rings. The molecule has 1 unspecified atom stereocenters. The van der Waals surface area contributed by atoms with Crippen molar-refractivity contribution in [3.63, 3.8) is 0 Å². The first kappa shape index (κ1) is 16.0. The lowest BCUT2D eigenvalue weighted by Crippen LogP contribution is -2.22. The summed E-state index contributed by atoms with van der Waals surface area (Å²) < 4.78 is 5.64. The van der Waals surface area contributed by atoms with Crippen LogP contribution in [-0.2, 0) is 10.2 Å². The van der Waals surface area contributed by atoms with Crippen LogP contribution in [0.1, 0.15) is 51.4 Å². The van der Waals surface area contributed by atoms with Crippen molar-refractivity contribution in [3.8, 4) is 0 Å². The number of anilines is 2. The van der Waals surface area contributed by atoms with Gasteiger partial charge in [0.05, 0.1) is 6.10 Å². The Bertz CT molecular complexity index is 478. The molecule has 2 rings (SSSR count). The number of nitrogens with two attached hydrogens (primary N) is 1. The maximum absolute atomic E-state index is 5.64. The highest BCUT2D eigenvalue weighted by Gasteiger charge is 2.21. The van der Waals surface area contributed by atoms with Gasteiger partial charge >= 0.3 is 0 Å². The predicted octanol–water partition coefficient (Wildman–Crippen LogP) is 2.35. The molecule has 0 radical (unpaired) electrons. The number of nitrogens with zero attached hydrogens (tertiary/aromatic N) is 2. The van der Waals surface area contributed by atoms with E-state index in [1.165, 1.54) is 6.42 Å². The molecule has 1 atom stereocenters. The Balaban J connectivity index is 2.09. The maximum Gasteiger partial charge on any atom is 0.148 e. The van der Waals surface area contributed by atoms with Crippen molar-refractivity contribution in [2.24, 2.45) is 5.84 Å². The molecule has 2 heterocycles. The van der Waals surface area contributed by atoms with Crippen LogP contribution in [0.25, 0.3) is 0 Å². The quantitative estimate of drug-likeness (QED) is 0.571. The van der Waals surface area contributed by atoms with Gasteiger partial charge in [-0.05, 0) is 26.2 Å². The minimum absolute atomic E-state index is 0.121. The van der Waals surface area contributed by atoms with E-state index in [9.17, 15) is 0 Å². The van der Waals surface area contributed by atoms with Crippen molar-refractivity contribution in [1.29, 1.82) is 0 Å².